The van der Waals surface area contributed by atoms with Crippen molar-refractivity contribution >= 4 is 43.4 Å². The molecule has 0 amide bonds. The van der Waals surface area contributed by atoms with Gasteiger partial charge in [0.2, 0.25) is 0 Å². The first-order chi connectivity index (χ1) is 21.7. The van der Waals surface area contributed by atoms with Crippen molar-refractivity contribution in [3.63, 3.8) is 0 Å². The molecule has 0 fully saturated rings. The Morgan fingerprint density at radius 3 is 1.80 bits per heavy atom. The summed E-state index contributed by atoms with van der Waals surface area (Å²) >= 11 is 0. The molecule has 0 N–H and O–H groups in total. The number of benzene rings is 7. The summed E-state index contributed by atoms with van der Waals surface area (Å²) in [6.45, 7) is 4.73. The summed E-state index contributed by atoms with van der Waals surface area (Å²) in [5.41, 5.74) is 9.03. The van der Waals surface area contributed by atoms with Crippen LogP contribution in [-0.4, -0.2) is 4.57 Å². The third-order valence-corrected chi connectivity index (χ3v) is 9.68. The first-order valence-electron chi connectivity index (χ1n) is 15.8. The number of fused-ring (bicyclic) bond motifs is 8. The highest BCUT2D eigenvalue weighted by molar-refractivity contribution is 6.34. The lowest BCUT2D eigenvalue weighted by atomic mass is 9.84. The Labute approximate surface area is 259 Å². The van der Waals surface area contributed by atoms with Gasteiger partial charge in [-0.3, -0.25) is 0 Å². The Kier molecular flexibility index (Phi) is 6.53. The molecule has 1 heterocycles. The molecule has 7 aromatic carbocycles. The molecule has 0 bridgehead atoms. The minimum Gasteiger partial charge on any atom is -0.309 e. The molecule has 1 nitrogen and oxygen atoms in total. The van der Waals surface area contributed by atoms with Crippen molar-refractivity contribution < 1.29 is 0 Å². The lowest BCUT2D eigenvalue weighted by molar-refractivity contribution is 0.485. The standard InChI is InChI=1S/C43H35N/c1-29(30(2)32-14-5-3-6-15-32)28-31-24-26-33(27-25-31)35-22-13-23-40-41(35)42-38-20-11-9-18-36(38)37-19-10-12-21-39(37)43(42)44(40)34-16-7-4-8-17-34/h3-27,29-30H,28H2,1-2H3. The molecule has 8 rings (SSSR count). The Bertz CT molecular complexity index is 2260. The summed E-state index contributed by atoms with van der Waals surface area (Å²) < 4.78 is 2.48. The lowest BCUT2D eigenvalue weighted by Crippen LogP contribution is -2.09. The van der Waals surface area contributed by atoms with Crippen LogP contribution in [0.5, 0.6) is 0 Å². The fourth-order valence-electron chi connectivity index (χ4n) is 7.26. The van der Waals surface area contributed by atoms with Crippen molar-refractivity contribution in [2.75, 3.05) is 0 Å². The Hall–Kier alpha value is -5.14. The van der Waals surface area contributed by atoms with Crippen molar-refractivity contribution in [2.24, 2.45) is 5.92 Å². The summed E-state index contributed by atoms with van der Waals surface area (Å²) in [7, 11) is 0. The minimum atomic E-state index is 0.511. The van der Waals surface area contributed by atoms with Crippen molar-refractivity contribution in [1.82, 2.24) is 4.57 Å². The topological polar surface area (TPSA) is 4.93 Å². The van der Waals surface area contributed by atoms with E-state index in [1.807, 2.05) is 0 Å². The summed E-state index contributed by atoms with van der Waals surface area (Å²) in [4.78, 5) is 0. The number of hydrogen-bond donors (Lipinski definition) is 0. The molecule has 0 saturated carbocycles. The van der Waals surface area contributed by atoms with Crippen LogP contribution in [0, 0.1) is 5.92 Å². The van der Waals surface area contributed by atoms with E-state index in [1.165, 1.54) is 71.3 Å². The van der Waals surface area contributed by atoms with E-state index in [-0.39, 0.29) is 0 Å². The van der Waals surface area contributed by atoms with E-state index in [1.54, 1.807) is 0 Å². The van der Waals surface area contributed by atoms with Gasteiger partial charge in [0.1, 0.15) is 0 Å². The van der Waals surface area contributed by atoms with Gasteiger partial charge in [0, 0.05) is 21.8 Å². The zero-order chi connectivity index (χ0) is 29.6. The Morgan fingerprint density at radius 1 is 0.500 bits per heavy atom. The average molecular weight is 566 g/mol. The van der Waals surface area contributed by atoms with Gasteiger partial charge in [-0.15, -0.1) is 0 Å². The molecule has 212 valence electrons. The van der Waals surface area contributed by atoms with Gasteiger partial charge in [0.25, 0.3) is 0 Å². The molecular weight excluding hydrogens is 530 g/mol. The van der Waals surface area contributed by atoms with Gasteiger partial charge in [-0.25, -0.2) is 0 Å². The van der Waals surface area contributed by atoms with Crippen LogP contribution in [0.3, 0.4) is 0 Å². The minimum absolute atomic E-state index is 0.511. The second-order valence-electron chi connectivity index (χ2n) is 12.3. The van der Waals surface area contributed by atoms with E-state index in [9.17, 15) is 0 Å². The van der Waals surface area contributed by atoms with E-state index >= 15 is 0 Å². The van der Waals surface area contributed by atoms with Crippen LogP contribution in [0.2, 0.25) is 0 Å². The number of hydrogen-bond acceptors (Lipinski definition) is 0. The summed E-state index contributed by atoms with van der Waals surface area (Å²) in [5.74, 6) is 1.06. The maximum absolute atomic E-state index is 2.48. The van der Waals surface area contributed by atoms with Gasteiger partial charge in [0.05, 0.1) is 11.0 Å². The predicted molar refractivity (Wildman–Crippen MR) is 189 cm³/mol. The van der Waals surface area contributed by atoms with Gasteiger partial charge >= 0.3 is 0 Å². The molecule has 1 heteroatoms. The SMILES string of the molecule is CC(Cc1ccc(-c2cccc3c2c2c4ccccc4c4ccccc4c2n3-c2ccccc2)cc1)C(C)c1ccccc1. The second kappa shape index (κ2) is 10.8. The van der Waals surface area contributed by atoms with Crippen LogP contribution in [-0.2, 0) is 6.42 Å². The number of nitrogens with zero attached hydrogens (tertiary/aromatic N) is 1. The maximum atomic E-state index is 2.48. The molecular formula is C43H35N. The number of rotatable bonds is 6. The first kappa shape index (κ1) is 26.5. The van der Waals surface area contributed by atoms with Gasteiger partial charge in [-0.1, -0.05) is 147 Å². The molecule has 44 heavy (non-hydrogen) atoms. The van der Waals surface area contributed by atoms with Gasteiger partial charge in [0.15, 0.2) is 0 Å². The fraction of sp³-hybridized carbons (Fsp3) is 0.116. The maximum Gasteiger partial charge on any atom is 0.0626 e. The second-order valence-corrected chi connectivity index (χ2v) is 12.3. The quantitative estimate of drug-likeness (QED) is 0.177. The molecule has 0 aliphatic rings. The smallest absolute Gasteiger partial charge is 0.0626 e. The van der Waals surface area contributed by atoms with E-state index < -0.39 is 0 Å². The van der Waals surface area contributed by atoms with E-state index in [0.29, 0.717) is 11.8 Å². The van der Waals surface area contributed by atoms with Crippen LogP contribution in [0.25, 0.3) is 60.2 Å². The highest BCUT2D eigenvalue weighted by atomic mass is 15.0. The predicted octanol–water partition coefficient (Wildman–Crippen LogP) is 11.7. The molecule has 0 spiro atoms. The molecule has 0 aliphatic carbocycles. The molecule has 0 aliphatic heterocycles. The molecule has 0 saturated heterocycles. The van der Waals surface area contributed by atoms with Gasteiger partial charge in [-0.2, -0.15) is 0 Å². The highest BCUT2D eigenvalue weighted by Gasteiger charge is 2.21. The van der Waals surface area contributed by atoms with Gasteiger partial charge in [-0.05, 0) is 74.9 Å². The summed E-state index contributed by atoms with van der Waals surface area (Å²) in [5, 5.41) is 7.81. The Balaban J connectivity index is 1.33. The van der Waals surface area contributed by atoms with Crippen molar-refractivity contribution in [3.05, 3.63) is 163 Å². The molecule has 2 atom stereocenters. The third-order valence-electron chi connectivity index (χ3n) is 9.68. The number of aromatic nitrogens is 1. The van der Waals surface area contributed by atoms with Crippen molar-refractivity contribution in [2.45, 2.75) is 26.2 Å². The summed E-state index contributed by atoms with van der Waals surface area (Å²) in [6.07, 6.45) is 1.06. The van der Waals surface area contributed by atoms with E-state index in [4.69, 9.17) is 0 Å². The molecule has 8 aromatic rings. The van der Waals surface area contributed by atoms with Crippen LogP contribution < -0.4 is 0 Å². The van der Waals surface area contributed by atoms with E-state index in [0.717, 1.165) is 6.42 Å². The molecule has 2 unspecified atom stereocenters. The largest absolute Gasteiger partial charge is 0.309 e. The van der Waals surface area contributed by atoms with Crippen molar-refractivity contribution in [3.8, 4) is 16.8 Å². The van der Waals surface area contributed by atoms with Crippen LogP contribution >= 0.6 is 0 Å². The van der Waals surface area contributed by atoms with E-state index in [2.05, 4.69) is 170 Å². The fourth-order valence-corrected chi connectivity index (χ4v) is 7.26. The normalized spacial score (nSPS) is 13.1. The average Bonchev–Trinajstić information content (AvgIpc) is 3.45. The van der Waals surface area contributed by atoms with Crippen molar-refractivity contribution in [1.29, 1.82) is 0 Å². The third kappa shape index (κ3) is 4.31. The number of para-hydroxylation sites is 1. The highest BCUT2D eigenvalue weighted by Crippen LogP contribution is 2.45. The molecule has 0 radical (unpaired) electrons. The van der Waals surface area contributed by atoms with Crippen LogP contribution in [0.1, 0.15) is 30.9 Å². The zero-order valence-electron chi connectivity index (χ0n) is 25.2. The van der Waals surface area contributed by atoms with Gasteiger partial charge < -0.3 is 4.57 Å². The summed E-state index contributed by atoms with van der Waals surface area (Å²) in [6, 6.07) is 55.7. The lowest BCUT2D eigenvalue weighted by Gasteiger charge is -2.20. The monoisotopic (exact) mass is 565 g/mol. The van der Waals surface area contributed by atoms with Crippen LogP contribution in [0.4, 0.5) is 0 Å². The molecule has 1 aromatic heterocycles. The van der Waals surface area contributed by atoms with Crippen LogP contribution in [0.15, 0.2) is 152 Å². The first-order valence-corrected chi connectivity index (χ1v) is 15.8. The zero-order valence-corrected chi connectivity index (χ0v) is 25.2. The Morgan fingerprint density at radius 2 is 1.09 bits per heavy atom.